The van der Waals surface area contributed by atoms with Crippen molar-refractivity contribution in [2.45, 2.75) is 12.6 Å². The van der Waals surface area contributed by atoms with Crippen molar-refractivity contribution in [2.75, 3.05) is 13.7 Å². The number of primary amides is 1. The molecule has 0 radical (unpaired) electrons. The Bertz CT molecular complexity index is 434. The number of aliphatic hydroxyl groups excluding tert-OH is 1. The molecule has 6 nitrogen and oxygen atoms in total. The lowest BCUT2D eigenvalue weighted by Gasteiger charge is -2.12. The monoisotopic (exact) mass is 252 g/mol. The highest BCUT2D eigenvalue weighted by Crippen LogP contribution is 2.06. The molecule has 4 N–H and O–H groups in total. The Hall–Kier alpha value is -1.92. The number of amides is 1. The van der Waals surface area contributed by atoms with Gasteiger partial charge in [-0.1, -0.05) is 12.1 Å². The maximum atomic E-state index is 11.3. The van der Waals surface area contributed by atoms with Crippen molar-refractivity contribution < 1.29 is 19.4 Å². The predicted molar refractivity (Wildman–Crippen MR) is 64.7 cm³/mol. The fourth-order valence-electron chi connectivity index (χ4n) is 1.42. The number of nitrogens with one attached hydrogen (secondary N) is 1. The van der Waals surface area contributed by atoms with Crippen LogP contribution in [0.3, 0.4) is 0 Å². The number of ether oxygens (including phenoxy) is 1. The van der Waals surface area contributed by atoms with E-state index in [1.807, 2.05) is 0 Å². The highest BCUT2D eigenvalue weighted by Gasteiger charge is 2.13. The van der Waals surface area contributed by atoms with Gasteiger partial charge in [-0.25, -0.2) is 4.79 Å². The van der Waals surface area contributed by atoms with Gasteiger partial charge in [0.1, 0.15) is 6.04 Å². The number of nitrogens with two attached hydrogens (primary N) is 1. The zero-order valence-corrected chi connectivity index (χ0v) is 10.1. The van der Waals surface area contributed by atoms with E-state index in [-0.39, 0.29) is 6.61 Å². The van der Waals surface area contributed by atoms with E-state index >= 15 is 0 Å². The van der Waals surface area contributed by atoms with E-state index in [0.717, 1.165) is 5.56 Å². The van der Waals surface area contributed by atoms with E-state index in [1.54, 1.807) is 24.3 Å². The second-order valence-electron chi connectivity index (χ2n) is 3.71. The Morgan fingerprint density at radius 2 is 2.22 bits per heavy atom. The van der Waals surface area contributed by atoms with Crippen LogP contribution in [0.4, 0.5) is 0 Å². The Morgan fingerprint density at radius 1 is 1.50 bits per heavy atom. The molecule has 0 aliphatic heterocycles. The van der Waals surface area contributed by atoms with Crippen LogP contribution in [0.1, 0.15) is 15.9 Å². The largest absolute Gasteiger partial charge is 0.465 e. The topological polar surface area (TPSA) is 102 Å². The maximum absolute atomic E-state index is 11.3. The van der Waals surface area contributed by atoms with E-state index in [9.17, 15) is 9.59 Å². The normalized spacial score (nSPS) is 11.9. The van der Waals surface area contributed by atoms with E-state index < -0.39 is 17.9 Å². The highest BCUT2D eigenvalue weighted by molar-refractivity contribution is 5.89. The minimum atomic E-state index is -0.799. The predicted octanol–water partition coefficient (Wildman–Crippen LogP) is -0.591. The van der Waals surface area contributed by atoms with Crippen molar-refractivity contribution in [2.24, 2.45) is 5.73 Å². The summed E-state index contributed by atoms with van der Waals surface area (Å²) in [5.74, 6) is -1.05. The minimum absolute atomic E-state index is 0.318. The number of hydrogen-bond acceptors (Lipinski definition) is 5. The third kappa shape index (κ3) is 3.83. The average molecular weight is 252 g/mol. The third-order valence-corrected chi connectivity index (χ3v) is 2.43. The molecule has 18 heavy (non-hydrogen) atoms. The molecule has 1 aromatic carbocycles. The van der Waals surface area contributed by atoms with Gasteiger partial charge in [-0.2, -0.15) is 0 Å². The number of esters is 1. The molecule has 0 saturated carbocycles. The molecule has 0 spiro atoms. The summed E-state index contributed by atoms with van der Waals surface area (Å²) in [7, 11) is 1.31. The molecule has 0 bridgehead atoms. The van der Waals surface area contributed by atoms with Crippen LogP contribution in [0.15, 0.2) is 24.3 Å². The second-order valence-corrected chi connectivity index (χ2v) is 3.71. The van der Waals surface area contributed by atoms with Gasteiger partial charge in [-0.15, -0.1) is 0 Å². The first-order chi connectivity index (χ1) is 8.58. The molecule has 1 amide bonds. The van der Waals surface area contributed by atoms with Crippen LogP contribution in [-0.4, -0.2) is 36.7 Å². The summed E-state index contributed by atoms with van der Waals surface area (Å²) in [5, 5.41) is 11.7. The average Bonchev–Trinajstić information content (AvgIpc) is 2.38. The van der Waals surface area contributed by atoms with Crippen LogP contribution in [-0.2, 0) is 16.1 Å². The number of carbonyl (C=O) groups excluding carboxylic acids is 2. The molecule has 1 rings (SSSR count). The quantitative estimate of drug-likeness (QED) is 0.587. The van der Waals surface area contributed by atoms with Crippen molar-refractivity contribution in [3.05, 3.63) is 35.4 Å². The molecule has 0 unspecified atom stereocenters. The molecular weight excluding hydrogens is 236 g/mol. The van der Waals surface area contributed by atoms with Crippen LogP contribution in [0, 0.1) is 0 Å². The summed E-state index contributed by atoms with van der Waals surface area (Å²) in [5.41, 5.74) is 6.29. The molecule has 0 heterocycles. The lowest BCUT2D eigenvalue weighted by atomic mass is 10.1. The van der Waals surface area contributed by atoms with Crippen molar-refractivity contribution in [3.63, 3.8) is 0 Å². The number of benzene rings is 1. The molecule has 0 aliphatic rings. The first-order valence-corrected chi connectivity index (χ1v) is 5.39. The van der Waals surface area contributed by atoms with Gasteiger partial charge in [-0.05, 0) is 17.7 Å². The van der Waals surface area contributed by atoms with Gasteiger partial charge in [0.15, 0.2) is 0 Å². The Balaban J connectivity index is 2.68. The zero-order chi connectivity index (χ0) is 13.5. The molecule has 1 aromatic rings. The molecule has 0 fully saturated rings. The molecule has 98 valence electrons. The fourth-order valence-corrected chi connectivity index (χ4v) is 1.42. The molecule has 1 atom stereocenters. The van der Waals surface area contributed by atoms with Crippen LogP contribution in [0.2, 0.25) is 0 Å². The Labute approximate surface area is 105 Å². The Kier molecular flexibility index (Phi) is 5.29. The third-order valence-electron chi connectivity index (χ3n) is 2.43. The number of carbonyl (C=O) groups is 2. The van der Waals surface area contributed by atoms with Crippen LogP contribution < -0.4 is 11.1 Å². The number of aliphatic hydroxyl groups is 1. The number of rotatable bonds is 6. The van der Waals surface area contributed by atoms with E-state index in [1.165, 1.54) is 7.11 Å². The molecule has 0 aliphatic carbocycles. The van der Waals surface area contributed by atoms with E-state index in [0.29, 0.717) is 12.1 Å². The molecular formula is C12H16N2O4. The van der Waals surface area contributed by atoms with Gasteiger partial charge >= 0.3 is 5.97 Å². The van der Waals surface area contributed by atoms with Crippen molar-refractivity contribution >= 4 is 11.9 Å². The van der Waals surface area contributed by atoms with Gasteiger partial charge < -0.3 is 15.6 Å². The molecule has 6 heteroatoms. The van der Waals surface area contributed by atoms with Gasteiger partial charge in [0.2, 0.25) is 5.91 Å². The number of methoxy groups -OCH3 is 1. The summed E-state index contributed by atoms with van der Waals surface area (Å²) >= 11 is 0. The highest BCUT2D eigenvalue weighted by atomic mass is 16.5. The lowest BCUT2D eigenvalue weighted by molar-refractivity contribution is -0.120. The molecule has 0 aromatic heterocycles. The standard InChI is InChI=1S/C12H16N2O4/c1-18-12(17)9-4-2-3-8(5-9)6-14-10(7-15)11(13)16/h2-5,10,14-15H,6-7H2,1H3,(H2,13,16)/t10-/m0/s1. The summed E-state index contributed by atoms with van der Waals surface area (Å²) in [6, 6.07) is 5.98. The van der Waals surface area contributed by atoms with E-state index in [2.05, 4.69) is 10.1 Å². The van der Waals surface area contributed by atoms with Gasteiger partial charge in [0.05, 0.1) is 19.3 Å². The first-order valence-electron chi connectivity index (χ1n) is 5.39. The SMILES string of the molecule is COC(=O)c1cccc(CN[C@@H](CO)C(N)=O)c1. The zero-order valence-electron chi connectivity index (χ0n) is 10.1. The van der Waals surface area contributed by atoms with Gasteiger partial charge in [0, 0.05) is 6.54 Å². The lowest BCUT2D eigenvalue weighted by Crippen LogP contribution is -2.43. The van der Waals surface area contributed by atoms with Crippen molar-refractivity contribution in [1.29, 1.82) is 0 Å². The smallest absolute Gasteiger partial charge is 0.337 e. The Morgan fingerprint density at radius 3 is 2.78 bits per heavy atom. The van der Waals surface area contributed by atoms with Gasteiger partial charge in [-0.3, -0.25) is 10.1 Å². The summed E-state index contributed by atoms with van der Waals surface area (Å²) in [4.78, 5) is 22.2. The second kappa shape index (κ2) is 6.73. The summed E-state index contributed by atoms with van der Waals surface area (Å²) in [6.45, 7) is -0.0506. The van der Waals surface area contributed by atoms with Crippen molar-refractivity contribution in [3.8, 4) is 0 Å². The van der Waals surface area contributed by atoms with E-state index in [4.69, 9.17) is 10.8 Å². The summed E-state index contributed by atoms with van der Waals surface area (Å²) < 4.78 is 4.60. The minimum Gasteiger partial charge on any atom is -0.465 e. The van der Waals surface area contributed by atoms with Crippen molar-refractivity contribution in [1.82, 2.24) is 5.32 Å². The maximum Gasteiger partial charge on any atom is 0.337 e. The number of hydrogen-bond donors (Lipinski definition) is 3. The van der Waals surface area contributed by atoms with Gasteiger partial charge in [0.25, 0.3) is 0 Å². The van der Waals surface area contributed by atoms with Crippen LogP contribution in [0.25, 0.3) is 0 Å². The van der Waals surface area contributed by atoms with Crippen LogP contribution in [0.5, 0.6) is 0 Å². The summed E-state index contributed by atoms with van der Waals surface area (Å²) in [6.07, 6.45) is 0. The van der Waals surface area contributed by atoms with Crippen LogP contribution >= 0.6 is 0 Å². The first kappa shape index (κ1) is 14.1. The fraction of sp³-hybridized carbons (Fsp3) is 0.333. The molecule has 0 saturated heterocycles.